The highest BCUT2D eigenvalue weighted by Gasteiger charge is 2.24. The van der Waals surface area contributed by atoms with E-state index >= 15 is 0 Å². The molecule has 1 heterocycles. The first-order chi connectivity index (χ1) is 6.47. The van der Waals surface area contributed by atoms with E-state index in [0.717, 1.165) is 12.2 Å². The standard InChI is InChI=1S/C10H19N3O/c1-8(2)7-13-9(5-6-12-13)10(3,4)14-11/h5-6,8H,7,11H2,1-4H3. The number of nitrogens with zero attached hydrogens (tertiary/aromatic N) is 2. The molecule has 1 aromatic rings. The molecule has 0 fully saturated rings. The van der Waals surface area contributed by atoms with Crippen LogP contribution >= 0.6 is 0 Å². The lowest BCUT2D eigenvalue weighted by Gasteiger charge is -2.23. The van der Waals surface area contributed by atoms with E-state index in [4.69, 9.17) is 10.7 Å². The molecule has 0 radical (unpaired) electrons. The number of hydrogen-bond donors (Lipinski definition) is 1. The first-order valence-corrected chi connectivity index (χ1v) is 4.87. The minimum Gasteiger partial charge on any atom is -0.292 e. The molecule has 2 N–H and O–H groups in total. The van der Waals surface area contributed by atoms with Crippen LogP contribution in [0.25, 0.3) is 0 Å². The summed E-state index contributed by atoms with van der Waals surface area (Å²) in [5.74, 6) is 5.81. The molecule has 0 bridgehead atoms. The second-order valence-electron chi connectivity index (χ2n) is 4.42. The summed E-state index contributed by atoms with van der Waals surface area (Å²) in [5, 5.41) is 4.25. The molecule has 4 heteroatoms. The highest BCUT2D eigenvalue weighted by molar-refractivity contribution is 5.09. The Hall–Kier alpha value is -0.870. The van der Waals surface area contributed by atoms with Crippen LogP contribution in [0.1, 0.15) is 33.4 Å². The van der Waals surface area contributed by atoms with Gasteiger partial charge in [-0.15, -0.1) is 0 Å². The van der Waals surface area contributed by atoms with Crippen LogP contribution < -0.4 is 5.90 Å². The molecule has 0 saturated carbocycles. The average Bonchev–Trinajstić information content (AvgIpc) is 2.52. The Morgan fingerprint density at radius 1 is 1.57 bits per heavy atom. The van der Waals surface area contributed by atoms with Crippen LogP contribution in [0.2, 0.25) is 0 Å². The maximum absolute atomic E-state index is 5.26. The van der Waals surface area contributed by atoms with Gasteiger partial charge < -0.3 is 0 Å². The molecule has 1 rings (SSSR count). The Morgan fingerprint density at radius 3 is 2.71 bits per heavy atom. The summed E-state index contributed by atoms with van der Waals surface area (Å²) in [5.41, 5.74) is 0.527. The zero-order valence-corrected chi connectivity index (χ0v) is 9.32. The van der Waals surface area contributed by atoms with Gasteiger partial charge in [0.1, 0.15) is 5.60 Å². The zero-order valence-electron chi connectivity index (χ0n) is 9.32. The molecule has 14 heavy (non-hydrogen) atoms. The molecule has 0 saturated heterocycles. The molecule has 0 spiro atoms. The van der Waals surface area contributed by atoms with E-state index in [0.29, 0.717) is 5.92 Å². The number of aromatic nitrogens is 2. The molecule has 1 aromatic heterocycles. The number of rotatable bonds is 4. The van der Waals surface area contributed by atoms with Crippen molar-refractivity contribution < 1.29 is 4.84 Å². The predicted molar refractivity (Wildman–Crippen MR) is 55.4 cm³/mol. The van der Waals surface area contributed by atoms with Crippen LogP contribution in [0, 0.1) is 5.92 Å². The summed E-state index contributed by atoms with van der Waals surface area (Å²) in [4.78, 5) is 4.94. The lowest BCUT2D eigenvalue weighted by Crippen LogP contribution is -2.29. The molecule has 0 unspecified atom stereocenters. The maximum Gasteiger partial charge on any atom is 0.125 e. The van der Waals surface area contributed by atoms with Gasteiger partial charge in [0.15, 0.2) is 0 Å². The molecule has 0 aromatic carbocycles. The molecular formula is C10H19N3O. The SMILES string of the molecule is CC(C)Cn1nccc1C(C)(C)ON. The molecule has 0 aliphatic rings. The van der Waals surface area contributed by atoms with Crippen molar-refractivity contribution >= 4 is 0 Å². The van der Waals surface area contributed by atoms with Gasteiger partial charge in [0.05, 0.1) is 5.69 Å². The normalized spacial score (nSPS) is 12.4. The third-order valence-corrected chi connectivity index (χ3v) is 2.17. The van der Waals surface area contributed by atoms with E-state index in [-0.39, 0.29) is 0 Å². The van der Waals surface area contributed by atoms with Crippen LogP contribution in [0.4, 0.5) is 0 Å². The maximum atomic E-state index is 5.26. The highest BCUT2D eigenvalue weighted by atomic mass is 16.6. The van der Waals surface area contributed by atoms with E-state index in [9.17, 15) is 0 Å². The third-order valence-electron chi connectivity index (χ3n) is 2.17. The van der Waals surface area contributed by atoms with Crippen molar-refractivity contribution in [2.45, 2.75) is 39.8 Å². The lowest BCUT2D eigenvalue weighted by atomic mass is 10.1. The van der Waals surface area contributed by atoms with Gasteiger partial charge in [-0.25, -0.2) is 5.90 Å². The first kappa shape index (κ1) is 11.2. The van der Waals surface area contributed by atoms with Crippen LogP contribution in [-0.2, 0) is 17.0 Å². The Kier molecular flexibility index (Phi) is 3.29. The van der Waals surface area contributed by atoms with Crippen LogP contribution in [0.15, 0.2) is 12.3 Å². The van der Waals surface area contributed by atoms with Crippen molar-refractivity contribution in [3.63, 3.8) is 0 Å². The van der Waals surface area contributed by atoms with Crippen molar-refractivity contribution in [2.24, 2.45) is 11.8 Å². The lowest BCUT2D eigenvalue weighted by molar-refractivity contribution is -0.0303. The van der Waals surface area contributed by atoms with Gasteiger partial charge in [-0.3, -0.25) is 9.52 Å². The van der Waals surface area contributed by atoms with Crippen molar-refractivity contribution in [3.8, 4) is 0 Å². The zero-order chi connectivity index (χ0) is 10.8. The topological polar surface area (TPSA) is 53.1 Å². The Labute approximate surface area is 85.0 Å². The van der Waals surface area contributed by atoms with Crippen LogP contribution in [-0.4, -0.2) is 9.78 Å². The molecule has 0 atom stereocenters. The smallest absolute Gasteiger partial charge is 0.125 e. The number of nitrogens with two attached hydrogens (primary N) is 1. The summed E-state index contributed by atoms with van der Waals surface area (Å²) in [7, 11) is 0. The van der Waals surface area contributed by atoms with Gasteiger partial charge in [-0.1, -0.05) is 13.8 Å². The monoisotopic (exact) mass is 197 g/mol. The molecule has 4 nitrogen and oxygen atoms in total. The fourth-order valence-corrected chi connectivity index (χ4v) is 1.40. The van der Waals surface area contributed by atoms with Crippen molar-refractivity contribution in [1.29, 1.82) is 0 Å². The van der Waals surface area contributed by atoms with Crippen molar-refractivity contribution in [3.05, 3.63) is 18.0 Å². The van der Waals surface area contributed by atoms with Gasteiger partial charge in [-0.05, 0) is 25.8 Å². The minimum atomic E-state index is -0.481. The summed E-state index contributed by atoms with van der Waals surface area (Å²) in [6.07, 6.45) is 1.78. The largest absolute Gasteiger partial charge is 0.292 e. The average molecular weight is 197 g/mol. The van der Waals surface area contributed by atoms with Crippen LogP contribution in [0.3, 0.4) is 0 Å². The second-order valence-corrected chi connectivity index (χ2v) is 4.42. The van der Waals surface area contributed by atoms with Gasteiger partial charge in [0, 0.05) is 12.7 Å². The Balaban J connectivity index is 2.92. The Morgan fingerprint density at radius 2 is 2.21 bits per heavy atom. The third kappa shape index (κ3) is 2.33. The van der Waals surface area contributed by atoms with Crippen molar-refractivity contribution in [2.75, 3.05) is 0 Å². The Bertz CT molecular complexity index is 291. The van der Waals surface area contributed by atoms with Gasteiger partial charge >= 0.3 is 0 Å². The summed E-state index contributed by atoms with van der Waals surface area (Å²) in [6, 6.07) is 1.94. The van der Waals surface area contributed by atoms with Gasteiger partial charge in [0.25, 0.3) is 0 Å². The van der Waals surface area contributed by atoms with E-state index in [1.54, 1.807) is 6.20 Å². The highest BCUT2D eigenvalue weighted by Crippen LogP contribution is 2.22. The van der Waals surface area contributed by atoms with E-state index in [1.165, 1.54) is 0 Å². The summed E-state index contributed by atoms with van der Waals surface area (Å²) < 4.78 is 1.94. The second kappa shape index (κ2) is 4.11. The molecule has 80 valence electrons. The van der Waals surface area contributed by atoms with E-state index in [2.05, 4.69) is 18.9 Å². The van der Waals surface area contributed by atoms with Gasteiger partial charge in [0.2, 0.25) is 0 Å². The van der Waals surface area contributed by atoms with Crippen LogP contribution in [0.5, 0.6) is 0 Å². The summed E-state index contributed by atoms with van der Waals surface area (Å²) in [6.45, 7) is 9.06. The molecule has 0 aliphatic carbocycles. The quantitative estimate of drug-likeness (QED) is 0.747. The van der Waals surface area contributed by atoms with E-state index in [1.807, 2.05) is 24.6 Å². The van der Waals surface area contributed by atoms with Crippen molar-refractivity contribution in [1.82, 2.24) is 9.78 Å². The minimum absolute atomic E-state index is 0.481. The molecule has 0 amide bonds. The molecular weight excluding hydrogens is 178 g/mol. The number of hydrogen-bond acceptors (Lipinski definition) is 3. The fourth-order valence-electron chi connectivity index (χ4n) is 1.40. The van der Waals surface area contributed by atoms with Gasteiger partial charge in [-0.2, -0.15) is 5.10 Å². The fraction of sp³-hybridized carbons (Fsp3) is 0.700. The molecule has 0 aliphatic heterocycles. The predicted octanol–water partition coefficient (Wildman–Crippen LogP) is 1.66. The first-order valence-electron chi connectivity index (χ1n) is 4.87. The summed E-state index contributed by atoms with van der Waals surface area (Å²) >= 11 is 0. The van der Waals surface area contributed by atoms with E-state index < -0.39 is 5.60 Å².